The number of carboxylic acid groups (broad SMARTS) is 1. The first-order valence-electron chi connectivity index (χ1n) is 4.04. The van der Waals surface area contributed by atoms with Crippen LogP contribution in [0.2, 0.25) is 5.02 Å². The Kier molecular flexibility index (Phi) is 3.64. The molecule has 0 spiro atoms. The first kappa shape index (κ1) is 12.6. The molecule has 0 amide bonds. The lowest BCUT2D eigenvalue weighted by molar-refractivity contribution is -0.274. The Morgan fingerprint density at radius 2 is 2.06 bits per heavy atom. The summed E-state index contributed by atoms with van der Waals surface area (Å²) >= 11 is 5.61. The van der Waals surface area contributed by atoms with Crippen LogP contribution in [0.3, 0.4) is 0 Å². The number of benzene rings is 1. The van der Waals surface area contributed by atoms with E-state index in [-0.39, 0.29) is 10.6 Å². The first-order chi connectivity index (χ1) is 7.28. The van der Waals surface area contributed by atoms with Crippen molar-refractivity contribution in [3.63, 3.8) is 0 Å². The van der Waals surface area contributed by atoms with Crippen molar-refractivity contribution in [3.05, 3.63) is 28.8 Å². The highest BCUT2D eigenvalue weighted by atomic mass is 35.5. The molecule has 16 heavy (non-hydrogen) atoms. The highest BCUT2D eigenvalue weighted by molar-refractivity contribution is 6.31. The van der Waals surface area contributed by atoms with Gasteiger partial charge in [0.05, 0.1) is 6.42 Å². The zero-order chi connectivity index (χ0) is 12.3. The highest BCUT2D eigenvalue weighted by Crippen LogP contribution is 2.27. The normalized spacial score (nSPS) is 11.2. The van der Waals surface area contributed by atoms with E-state index in [2.05, 4.69) is 4.74 Å². The number of hydrogen-bond donors (Lipinski definition) is 1. The molecule has 0 radical (unpaired) electrons. The molecule has 1 aromatic rings. The topological polar surface area (TPSA) is 46.5 Å². The van der Waals surface area contributed by atoms with Crippen molar-refractivity contribution in [2.75, 3.05) is 0 Å². The van der Waals surface area contributed by atoms with E-state index in [0.29, 0.717) is 0 Å². The average molecular weight is 255 g/mol. The maximum absolute atomic E-state index is 11.9. The Morgan fingerprint density at radius 1 is 1.44 bits per heavy atom. The Labute approximate surface area is 93.4 Å². The number of ether oxygens (including phenoxy) is 1. The standard InChI is InChI=1S/C9H6ClF3O3/c10-7-2-1-6(16-9(11,12)13)3-5(7)4-8(14)15/h1-3H,4H2,(H,14,15). The molecule has 0 saturated carbocycles. The quantitative estimate of drug-likeness (QED) is 0.902. The molecule has 88 valence electrons. The highest BCUT2D eigenvalue weighted by Gasteiger charge is 2.31. The summed E-state index contributed by atoms with van der Waals surface area (Å²) in [7, 11) is 0. The van der Waals surface area contributed by atoms with Gasteiger partial charge in [-0.1, -0.05) is 11.6 Å². The average Bonchev–Trinajstić information content (AvgIpc) is 2.07. The lowest BCUT2D eigenvalue weighted by Crippen LogP contribution is -2.17. The summed E-state index contributed by atoms with van der Waals surface area (Å²) in [4.78, 5) is 10.4. The Morgan fingerprint density at radius 3 is 2.56 bits per heavy atom. The molecule has 0 atom stereocenters. The van der Waals surface area contributed by atoms with Gasteiger partial charge in [0.15, 0.2) is 0 Å². The van der Waals surface area contributed by atoms with Gasteiger partial charge in [-0.3, -0.25) is 4.79 Å². The van der Waals surface area contributed by atoms with Gasteiger partial charge in [0, 0.05) is 5.02 Å². The SMILES string of the molecule is O=C(O)Cc1cc(OC(F)(F)F)ccc1Cl. The predicted molar refractivity (Wildman–Crippen MR) is 49.5 cm³/mol. The lowest BCUT2D eigenvalue weighted by atomic mass is 10.1. The van der Waals surface area contributed by atoms with E-state index in [9.17, 15) is 18.0 Å². The number of hydrogen-bond acceptors (Lipinski definition) is 2. The summed E-state index contributed by atoms with van der Waals surface area (Å²) in [5.41, 5.74) is 0.0657. The minimum Gasteiger partial charge on any atom is -0.481 e. The van der Waals surface area contributed by atoms with Crippen molar-refractivity contribution in [2.24, 2.45) is 0 Å². The second kappa shape index (κ2) is 4.61. The van der Waals surface area contributed by atoms with Gasteiger partial charge in [-0.2, -0.15) is 0 Å². The largest absolute Gasteiger partial charge is 0.573 e. The molecule has 0 aliphatic heterocycles. The van der Waals surface area contributed by atoms with E-state index in [0.717, 1.165) is 18.2 Å². The van der Waals surface area contributed by atoms with E-state index in [1.807, 2.05) is 0 Å². The van der Waals surface area contributed by atoms with E-state index < -0.39 is 24.5 Å². The van der Waals surface area contributed by atoms with Crippen LogP contribution in [0.4, 0.5) is 13.2 Å². The zero-order valence-corrected chi connectivity index (χ0v) is 8.47. The summed E-state index contributed by atoms with van der Waals surface area (Å²) in [6, 6.07) is 3.12. The first-order valence-corrected chi connectivity index (χ1v) is 4.42. The third kappa shape index (κ3) is 3.98. The third-order valence-electron chi connectivity index (χ3n) is 1.59. The molecule has 3 nitrogen and oxygen atoms in total. The molecule has 0 fully saturated rings. The number of aliphatic carboxylic acids is 1. The van der Waals surface area contributed by atoms with E-state index in [4.69, 9.17) is 16.7 Å². The fourth-order valence-electron chi connectivity index (χ4n) is 1.05. The number of carboxylic acids is 1. The lowest BCUT2D eigenvalue weighted by Gasteiger charge is -2.10. The van der Waals surface area contributed by atoms with Crippen LogP contribution < -0.4 is 4.74 Å². The summed E-state index contributed by atoms with van der Waals surface area (Å²) < 4.78 is 39.2. The van der Waals surface area contributed by atoms with Crippen LogP contribution in [0, 0.1) is 0 Å². The second-order valence-corrected chi connectivity index (χ2v) is 3.28. The molecule has 0 aliphatic rings. The molecular weight excluding hydrogens is 249 g/mol. The molecule has 1 rings (SSSR count). The zero-order valence-electron chi connectivity index (χ0n) is 7.71. The Bertz CT molecular complexity index is 403. The van der Waals surface area contributed by atoms with Crippen molar-refractivity contribution < 1.29 is 27.8 Å². The van der Waals surface area contributed by atoms with Gasteiger partial charge in [-0.05, 0) is 23.8 Å². The van der Waals surface area contributed by atoms with Crippen molar-refractivity contribution in [1.82, 2.24) is 0 Å². The molecule has 0 saturated heterocycles. The van der Waals surface area contributed by atoms with Crippen molar-refractivity contribution in [2.45, 2.75) is 12.8 Å². The molecule has 1 aromatic carbocycles. The van der Waals surface area contributed by atoms with E-state index in [1.54, 1.807) is 0 Å². The Hall–Kier alpha value is -1.43. The van der Waals surface area contributed by atoms with Crippen LogP contribution >= 0.6 is 11.6 Å². The van der Waals surface area contributed by atoms with Crippen LogP contribution in [-0.2, 0) is 11.2 Å². The summed E-state index contributed by atoms with van der Waals surface area (Å²) in [5, 5.41) is 8.57. The van der Waals surface area contributed by atoms with Gasteiger partial charge >= 0.3 is 12.3 Å². The summed E-state index contributed by atoms with van der Waals surface area (Å²) in [5.74, 6) is -1.68. The summed E-state index contributed by atoms with van der Waals surface area (Å²) in [6.45, 7) is 0. The predicted octanol–water partition coefficient (Wildman–Crippen LogP) is 2.87. The van der Waals surface area contributed by atoms with Crippen molar-refractivity contribution >= 4 is 17.6 Å². The maximum atomic E-state index is 11.9. The number of alkyl halides is 3. The van der Waals surface area contributed by atoms with Gasteiger partial charge in [-0.15, -0.1) is 13.2 Å². The fourth-order valence-corrected chi connectivity index (χ4v) is 1.23. The number of rotatable bonds is 3. The smallest absolute Gasteiger partial charge is 0.481 e. The van der Waals surface area contributed by atoms with Crippen LogP contribution in [0.15, 0.2) is 18.2 Å². The maximum Gasteiger partial charge on any atom is 0.573 e. The van der Waals surface area contributed by atoms with Crippen LogP contribution in [0.1, 0.15) is 5.56 Å². The monoisotopic (exact) mass is 254 g/mol. The Balaban J connectivity index is 2.93. The molecule has 0 aromatic heterocycles. The van der Waals surface area contributed by atoms with Crippen LogP contribution in [0.25, 0.3) is 0 Å². The van der Waals surface area contributed by atoms with Gasteiger partial charge in [-0.25, -0.2) is 0 Å². The minimum atomic E-state index is -4.81. The fraction of sp³-hybridized carbons (Fsp3) is 0.222. The van der Waals surface area contributed by atoms with Crippen molar-refractivity contribution in [1.29, 1.82) is 0 Å². The van der Waals surface area contributed by atoms with Crippen LogP contribution in [-0.4, -0.2) is 17.4 Å². The molecule has 7 heteroatoms. The molecule has 0 bridgehead atoms. The molecule has 0 unspecified atom stereocenters. The minimum absolute atomic E-state index is 0.0657. The van der Waals surface area contributed by atoms with E-state index >= 15 is 0 Å². The molecule has 1 N–H and O–H groups in total. The number of halogens is 4. The van der Waals surface area contributed by atoms with E-state index in [1.165, 1.54) is 0 Å². The summed E-state index contributed by atoms with van der Waals surface area (Å²) in [6.07, 6.45) is -5.28. The third-order valence-corrected chi connectivity index (χ3v) is 1.96. The molecule has 0 heterocycles. The number of carbonyl (C=O) groups is 1. The van der Waals surface area contributed by atoms with Gasteiger partial charge in [0.25, 0.3) is 0 Å². The van der Waals surface area contributed by atoms with Gasteiger partial charge in [0.1, 0.15) is 5.75 Å². The van der Waals surface area contributed by atoms with Gasteiger partial charge in [0.2, 0.25) is 0 Å². The van der Waals surface area contributed by atoms with Crippen molar-refractivity contribution in [3.8, 4) is 5.75 Å². The van der Waals surface area contributed by atoms with Gasteiger partial charge < -0.3 is 9.84 Å². The molecule has 0 aliphatic carbocycles. The molecular formula is C9H6ClF3O3. The second-order valence-electron chi connectivity index (χ2n) is 2.87. The van der Waals surface area contributed by atoms with Crippen LogP contribution in [0.5, 0.6) is 5.75 Å².